The summed E-state index contributed by atoms with van der Waals surface area (Å²) in [6.07, 6.45) is 0. The predicted octanol–water partition coefficient (Wildman–Crippen LogP) is 3.21. The van der Waals surface area contributed by atoms with Crippen LogP contribution < -0.4 is 29.1 Å². The zero-order valence-electron chi connectivity index (χ0n) is 16.1. The first-order valence-electron chi connectivity index (χ1n) is 8.21. The normalized spacial score (nSPS) is 10.6. The molecule has 0 bridgehead atoms. The van der Waals surface area contributed by atoms with Crippen molar-refractivity contribution in [2.75, 3.05) is 35.5 Å². The summed E-state index contributed by atoms with van der Waals surface area (Å²) < 4.78 is 32.4. The predicted molar refractivity (Wildman–Crippen MR) is 102 cm³/mol. The fraction of sp³-hybridized carbons (Fsp3) is 0.250. The second-order valence-electron chi connectivity index (χ2n) is 5.70. The van der Waals surface area contributed by atoms with Gasteiger partial charge < -0.3 is 33.2 Å². The largest absolute Gasteiger partial charge is 0.502 e. The lowest BCUT2D eigenvalue weighted by molar-refractivity contribution is 0.347. The molecule has 2 aromatic carbocycles. The molecule has 28 heavy (non-hydrogen) atoms. The van der Waals surface area contributed by atoms with Crippen LogP contribution in [0.2, 0.25) is 0 Å². The van der Waals surface area contributed by atoms with Crippen molar-refractivity contribution in [3.63, 3.8) is 0 Å². The molecular weight excluding hydrogens is 368 g/mol. The highest BCUT2D eigenvalue weighted by atomic mass is 16.5. The van der Waals surface area contributed by atoms with Crippen molar-refractivity contribution in [3.05, 3.63) is 34.5 Å². The Morgan fingerprint density at radius 2 is 1.43 bits per heavy atom. The molecule has 0 aliphatic heterocycles. The lowest BCUT2D eigenvalue weighted by Gasteiger charge is -2.15. The Morgan fingerprint density at radius 3 is 2.00 bits per heavy atom. The maximum absolute atomic E-state index is 12.9. The number of hydrogen-bond donors (Lipinski definition) is 1. The van der Waals surface area contributed by atoms with Crippen molar-refractivity contribution in [2.24, 2.45) is 0 Å². The summed E-state index contributed by atoms with van der Waals surface area (Å²) in [7, 11) is 7.27. The van der Waals surface area contributed by atoms with Crippen LogP contribution in [0.25, 0.3) is 22.3 Å². The Kier molecular flexibility index (Phi) is 5.21. The maximum atomic E-state index is 12.9. The average Bonchev–Trinajstić information content (AvgIpc) is 2.74. The zero-order valence-corrected chi connectivity index (χ0v) is 16.1. The van der Waals surface area contributed by atoms with E-state index < -0.39 is 11.2 Å². The molecule has 1 heterocycles. The van der Waals surface area contributed by atoms with Gasteiger partial charge >= 0.3 is 0 Å². The third-order valence-electron chi connectivity index (χ3n) is 4.32. The van der Waals surface area contributed by atoms with Gasteiger partial charge in [-0.05, 0) is 18.2 Å². The quantitative estimate of drug-likeness (QED) is 0.688. The monoisotopic (exact) mass is 388 g/mol. The minimum atomic E-state index is -0.663. The minimum Gasteiger partial charge on any atom is -0.502 e. The van der Waals surface area contributed by atoms with Crippen LogP contribution in [-0.4, -0.2) is 40.7 Å². The Labute approximate surface area is 160 Å². The first-order chi connectivity index (χ1) is 13.5. The molecule has 0 radical (unpaired) electrons. The molecule has 0 fully saturated rings. The molecule has 0 saturated heterocycles. The first-order valence-corrected chi connectivity index (χ1v) is 8.21. The van der Waals surface area contributed by atoms with E-state index in [0.29, 0.717) is 22.8 Å². The van der Waals surface area contributed by atoms with E-state index in [1.165, 1.54) is 41.6 Å². The van der Waals surface area contributed by atoms with Gasteiger partial charge in [-0.15, -0.1) is 0 Å². The molecule has 3 rings (SSSR count). The molecule has 1 N–H and O–H groups in total. The van der Waals surface area contributed by atoms with Gasteiger partial charge in [-0.2, -0.15) is 0 Å². The highest BCUT2D eigenvalue weighted by Gasteiger charge is 2.24. The van der Waals surface area contributed by atoms with Crippen LogP contribution in [-0.2, 0) is 0 Å². The van der Waals surface area contributed by atoms with Gasteiger partial charge in [-0.3, -0.25) is 4.79 Å². The Bertz CT molecular complexity index is 1080. The van der Waals surface area contributed by atoms with Gasteiger partial charge in [0.05, 0.1) is 35.5 Å². The van der Waals surface area contributed by atoms with E-state index in [4.69, 9.17) is 28.1 Å². The molecule has 0 aliphatic carbocycles. The second-order valence-corrected chi connectivity index (χ2v) is 5.70. The number of aromatic hydroxyl groups is 1. The topological polar surface area (TPSA) is 96.6 Å². The Balaban J connectivity index is 2.40. The van der Waals surface area contributed by atoms with E-state index in [1.807, 2.05) is 0 Å². The summed E-state index contributed by atoms with van der Waals surface area (Å²) >= 11 is 0. The number of ether oxygens (including phenoxy) is 5. The van der Waals surface area contributed by atoms with E-state index in [0.717, 1.165) is 0 Å². The lowest BCUT2D eigenvalue weighted by atomic mass is 10.1. The van der Waals surface area contributed by atoms with Crippen LogP contribution in [0.3, 0.4) is 0 Å². The second kappa shape index (κ2) is 7.59. The number of benzene rings is 2. The van der Waals surface area contributed by atoms with Crippen LogP contribution in [0.4, 0.5) is 0 Å². The number of methoxy groups -OCH3 is 5. The molecule has 0 unspecified atom stereocenters. The van der Waals surface area contributed by atoms with Gasteiger partial charge in [0.15, 0.2) is 28.6 Å². The van der Waals surface area contributed by atoms with E-state index in [-0.39, 0.29) is 28.2 Å². The van der Waals surface area contributed by atoms with E-state index in [1.54, 1.807) is 18.2 Å². The van der Waals surface area contributed by atoms with Crippen molar-refractivity contribution in [1.82, 2.24) is 0 Å². The van der Waals surface area contributed by atoms with E-state index in [9.17, 15) is 9.90 Å². The van der Waals surface area contributed by atoms with Crippen molar-refractivity contribution in [2.45, 2.75) is 0 Å². The molecule has 0 spiro atoms. The molecule has 0 amide bonds. The Hall–Kier alpha value is -3.55. The number of fused-ring (bicyclic) bond motifs is 1. The molecule has 0 saturated carbocycles. The maximum Gasteiger partial charge on any atom is 0.238 e. The molecule has 8 heteroatoms. The SMILES string of the molecule is COc1ccc(-c2oc3c(OC)c(OC)cc(OC)c3c(=O)c2O)cc1OC. The summed E-state index contributed by atoms with van der Waals surface area (Å²) in [5.74, 6) is 1.01. The van der Waals surface area contributed by atoms with Gasteiger partial charge in [0.25, 0.3) is 0 Å². The van der Waals surface area contributed by atoms with Gasteiger partial charge in [-0.25, -0.2) is 0 Å². The standard InChI is InChI=1S/C20H20O8/c1-23-11-7-6-10(8-12(11)24-2)18-17(22)16(21)15-13(25-3)9-14(26-4)19(27-5)20(15)28-18/h6-9,22H,1-5H3. The summed E-state index contributed by atoms with van der Waals surface area (Å²) in [5.41, 5.74) is -0.159. The van der Waals surface area contributed by atoms with Crippen molar-refractivity contribution >= 4 is 11.0 Å². The zero-order chi connectivity index (χ0) is 20.4. The number of hydrogen-bond acceptors (Lipinski definition) is 8. The van der Waals surface area contributed by atoms with Crippen molar-refractivity contribution in [3.8, 4) is 45.8 Å². The summed E-state index contributed by atoms with van der Waals surface area (Å²) in [6.45, 7) is 0. The van der Waals surface area contributed by atoms with Gasteiger partial charge in [0.2, 0.25) is 16.9 Å². The summed E-state index contributed by atoms with van der Waals surface area (Å²) in [4.78, 5) is 12.9. The fourth-order valence-electron chi connectivity index (χ4n) is 2.96. The molecule has 148 valence electrons. The molecular formula is C20H20O8. The summed E-state index contributed by atoms with van der Waals surface area (Å²) in [6, 6.07) is 6.36. The van der Waals surface area contributed by atoms with E-state index >= 15 is 0 Å². The van der Waals surface area contributed by atoms with Crippen LogP contribution in [0.5, 0.6) is 34.5 Å². The third-order valence-corrected chi connectivity index (χ3v) is 4.32. The molecule has 8 nitrogen and oxygen atoms in total. The lowest BCUT2D eigenvalue weighted by Crippen LogP contribution is -2.06. The van der Waals surface area contributed by atoms with Crippen LogP contribution in [0, 0.1) is 0 Å². The van der Waals surface area contributed by atoms with Crippen LogP contribution >= 0.6 is 0 Å². The number of rotatable bonds is 6. The molecule has 0 atom stereocenters. The highest BCUT2D eigenvalue weighted by Crippen LogP contribution is 2.44. The average molecular weight is 388 g/mol. The van der Waals surface area contributed by atoms with Crippen LogP contribution in [0.1, 0.15) is 0 Å². The van der Waals surface area contributed by atoms with Crippen molar-refractivity contribution in [1.29, 1.82) is 0 Å². The fourth-order valence-corrected chi connectivity index (χ4v) is 2.96. The van der Waals surface area contributed by atoms with Crippen molar-refractivity contribution < 1.29 is 33.2 Å². The first kappa shape index (κ1) is 19.2. The molecule has 1 aromatic heterocycles. The van der Waals surface area contributed by atoms with Gasteiger partial charge in [0.1, 0.15) is 11.1 Å². The third kappa shape index (κ3) is 2.92. The molecule has 3 aromatic rings. The highest BCUT2D eigenvalue weighted by molar-refractivity contribution is 5.93. The van der Waals surface area contributed by atoms with Crippen LogP contribution in [0.15, 0.2) is 33.5 Å². The van der Waals surface area contributed by atoms with E-state index in [2.05, 4.69) is 0 Å². The smallest absolute Gasteiger partial charge is 0.238 e. The molecule has 0 aliphatic rings. The van der Waals surface area contributed by atoms with Gasteiger partial charge in [-0.1, -0.05) is 0 Å². The Morgan fingerprint density at radius 1 is 0.786 bits per heavy atom. The van der Waals surface area contributed by atoms with Gasteiger partial charge in [0, 0.05) is 11.6 Å². The summed E-state index contributed by atoms with van der Waals surface area (Å²) in [5, 5.41) is 10.6. The minimum absolute atomic E-state index is 0.0434.